The third-order valence-electron chi connectivity index (χ3n) is 3.54. The molecule has 9 heteroatoms. The number of nitrogens with zero attached hydrogens (tertiary/aromatic N) is 4. The summed E-state index contributed by atoms with van der Waals surface area (Å²) >= 11 is 1.33. The molecule has 0 spiro atoms. The Morgan fingerprint density at radius 1 is 0.962 bits per heavy atom. The standard InChI is InChI=1S/C17H14N4O4S/c1-10(26-17-21-20-16(25-17)13-4-3-9-23-13)14-18-19-15(24-14)11-5-7-12(22-2)8-6-11/h3-10H,1-2H3/t10-/m0/s1. The number of ether oxygens (including phenoxy) is 1. The van der Waals surface area contributed by atoms with Gasteiger partial charge in [-0.1, -0.05) is 11.8 Å². The topological polar surface area (TPSA) is 100 Å². The average Bonchev–Trinajstić information content (AvgIpc) is 3.42. The first kappa shape index (κ1) is 16.4. The minimum absolute atomic E-state index is 0.153. The Kier molecular flexibility index (Phi) is 4.44. The summed E-state index contributed by atoms with van der Waals surface area (Å²) in [6, 6.07) is 10.9. The highest BCUT2D eigenvalue weighted by Crippen LogP contribution is 2.35. The Labute approximate surface area is 152 Å². The summed E-state index contributed by atoms with van der Waals surface area (Å²) < 4.78 is 21.7. The fourth-order valence-electron chi connectivity index (χ4n) is 2.21. The quantitative estimate of drug-likeness (QED) is 0.461. The van der Waals surface area contributed by atoms with Crippen LogP contribution in [0.5, 0.6) is 5.75 Å². The van der Waals surface area contributed by atoms with Crippen LogP contribution in [0.4, 0.5) is 0 Å². The highest BCUT2D eigenvalue weighted by Gasteiger charge is 2.20. The minimum atomic E-state index is -0.153. The molecule has 3 heterocycles. The molecule has 0 amide bonds. The van der Waals surface area contributed by atoms with E-state index in [2.05, 4.69) is 20.4 Å². The van der Waals surface area contributed by atoms with E-state index in [1.54, 1.807) is 25.5 Å². The Bertz CT molecular complexity index is 979. The summed E-state index contributed by atoms with van der Waals surface area (Å²) in [5.41, 5.74) is 0.819. The lowest BCUT2D eigenvalue weighted by Crippen LogP contribution is -1.88. The number of hydrogen-bond acceptors (Lipinski definition) is 9. The number of rotatable bonds is 6. The van der Waals surface area contributed by atoms with E-state index in [0.717, 1.165) is 11.3 Å². The summed E-state index contributed by atoms with van der Waals surface area (Å²) in [6.45, 7) is 1.92. The molecule has 0 radical (unpaired) electrons. The summed E-state index contributed by atoms with van der Waals surface area (Å²) in [6.07, 6.45) is 1.55. The molecule has 0 aliphatic rings. The molecule has 0 unspecified atom stereocenters. The van der Waals surface area contributed by atoms with Crippen molar-refractivity contribution in [1.29, 1.82) is 0 Å². The normalized spacial score (nSPS) is 12.2. The second-order valence-electron chi connectivity index (χ2n) is 5.28. The van der Waals surface area contributed by atoms with Gasteiger partial charge in [-0.2, -0.15) is 0 Å². The van der Waals surface area contributed by atoms with Crippen LogP contribution in [0.3, 0.4) is 0 Å². The van der Waals surface area contributed by atoms with Crippen molar-refractivity contribution < 1.29 is 18.0 Å². The van der Waals surface area contributed by atoms with E-state index in [0.29, 0.717) is 28.7 Å². The van der Waals surface area contributed by atoms with Crippen molar-refractivity contribution in [3.63, 3.8) is 0 Å². The van der Waals surface area contributed by atoms with E-state index in [-0.39, 0.29) is 5.25 Å². The highest BCUT2D eigenvalue weighted by atomic mass is 32.2. The smallest absolute Gasteiger partial charge is 0.284 e. The first-order chi connectivity index (χ1) is 12.7. The maximum Gasteiger partial charge on any atom is 0.284 e. The van der Waals surface area contributed by atoms with E-state index in [1.165, 1.54) is 11.8 Å². The molecule has 1 atom stereocenters. The van der Waals surface area contributed by atoms with Crippen LogP contribution in [0.2, 0.25) is 0 Å². The van der Waals surface area contributed by atoms with Crippen LogP contribution in [0.1, 0.15) is 18.1 Å². The van der Waals surface area contributed by atoms with Crippen molar-refractivity contribution in [1.82, 2.24) is 20.4 Å². The van der Waals surface area contributed by atoms with Crippen molar-refractivity contribution in [2.45, 2.75) is 17.4 Å². The fourth-order valence-corrected chi connectivity index (χ4v) is 2.92. The molecule has 0 saturated heterocycles. The van der Waals surface area contributed by atoms with Gasteiger partial charge in [0.1, 0.15) is 5.75 Å². The van der Waals surface area contributed by atoms with Crippen molar-refractivity contribution in [2.24, 2.45) is 0 Å². The summed E-state index contributed by atoms with van der Waals surface area (Å²) in [7, 11) is 1.62. The molecule has 0 aliphatic carbocycles. The Balaban J connectivity index is 1.47. The molecule has 1 aromatic carbocycles. The van der Waals surface area contributed by atoms with Gasteiger partial charge >= 0.3 is 0 Å². The summed E-state index contributed by atoms with van der Waals surface area (Å²) in [4.78, 5) is 0. The van der Waals surface area contributed by atoms with E-state index in [9.17, 15) is 0 Å². The van der Waals surface area contributed by atoms with Gasteiger partial charge in [0.25, 0.3) is 11.1 Å². The van der Waals surface area contributed by atoms with Gasteiger partial charge in [-0.15, -0.1) is 20.4 Å². The highest BCUT2D eigenvalue weighted by molar-refractivity contribution is 7.99. The number of aromatic nitrogens is 4. The van der Waals surface area contributed by atoms with E-state index >= 15 is 0 Å². The zero-order chi connectivity index (χ0) is 17.9. The SMILES string of the molecule is COc1ccc(-c2nnc([C@H](C)Sc3nnc(-c4ccco4)o3)o2)cc1. The number of furan rings is 1. The van der Waals surface area contributed by atoms with Crippen LogP contribution < -0.4 is 4.74 Å². The van der Waals surface area contributed by atoms with Crippen molar-refractivity contribution >= 4 is 11.8 Å². The average molecular weight is 370 g/mol. The van der Waals surface area contributed by atoms with E-state index in [4.69, 9.17) is 18.0 Å². The van der Waals surface area contributed by atoms with Gasteiger partial charge in [-0.05, 0) is 43.3 Å². The molecule has 4 rings (SSSR count). The predicted molar refractivity (Wildman–Crippen MR) is 92.6 cm³/mol. The van der Waals surface area contributed by atoms with Gasteiger partial charge in [0.2, 0.25) is 11.8 Å². The van der Waals surface area contributed by atoms with Crippen LogP contribution in [-0.2, 0) is 0 Å². The van der Waals surface area contributed by atoms with E-state index in [1.807, 2.05) is 31.2 Å². The fraction of sp³-hybridized carbons (Fsp3) is 0.176. The maximum absolute atomic E-state index is 5.76. The predicted octanol–water partition coefficient (Wildman–Crippen LogP) is 4.24. The molecule has 0 bridgehead atoms. The van der Waals surface area contributed by atoms with Gasteiger partial charge in [-0.25, -0.2) is 0 Å². The molecule has 132 valence electrons. The van der Waals surface area contributed by atoms with Gasteiger partial charge in [-0.3, -0.25) is 0 Å². The number of thioether (sulfide) groups is 1. The lowest BCUT2D eigenvalue weighted by atomic mass is 10.2. The number of hydrogen-bond donors (Lipinski definition) is 0. The lowest BCUT2D eigenvalue weighted by molar-refractivity contribution is 0.415. The summed E-state index contributed by atoms with van der Waals surface area (Å²) in [5, 5.41) is 16.4. The van der Waals surface area contributed by atoms with Crippen LogP contribution in [-0.4, -0.2) is 27.5 Å². The van der Waals surface area contributed by atoms with Gasteiger partial charge in [0.15, 0.2) is 5.76 Å². The molecule has 26 heavy (non-hydrogen) atoms. The first-order valence-corrected chi connectivity index (χ1v) is 8.63. The monoisotopic (exact) mass is 370 g/mol. The van der Waals surface area contributed by atoms with E-state index < -0.39 is 0 Å². The number of methoxy groups -OCH3 is 1. The molecular formula is C17H14N4O4S. The van der Waals surface area contributed by atoms with Gasteiger partial charge in [0, 0.05) is 5.56 Å². The zero-order valence-corrected chi connectivity index (χ0v) is 14.8. The molecule has 0 fully saturated rings. The zero-order valence-electron chi connectivity index (χ0n) is 13.9. The molecule has 3 aromatic heterocycles. The van der Waals surface area contributed by atoms with Gasteiger partial charge < -0.3 is 18.0 Å². The first-order valence-electron chi connectivity index (χ1n) is 7.75. The van der Waals surface area contributed by atoms with Crippen molar-refractivity contribution in [3.8, 4) is 28.9 Å². The van der Waals surface area contributed by atoms with Crippen LogP contribution in [0.15, 0.2) is 61.1 Å². The third-order valence-corrected chi connectivity index (χ3v) is 4.46. The number of benzene rings is 1. The maximum atomic E-state index is 5.76. The largest absolute Gasteiger partial charge is 0.497 e. The molecular weight excluding hydrogens is 356 g/mol. The van der Waals surface area contributed by atoms with Crippen LogP contribution in [0.25, 0.3) is 23.1 Å². The van der Waals surface area contributed by atoms with Crippen molar-refractivity contribution in [3.05, 3.63) is 48.6 Å². The van der Waals surface area contributed by atoms with Gasteiger partial charge in [0.05, 0.1) is 18.6 Å². The lowest BCUT2D eigenvalue weighted by Gasteiger charge is -2.02. The molecule has 0 N–H and O–H groups in total. The second kappa shape index (κ2) is 7.04. The molecule has 0 aliphatic heterocycles. The Hall–Kier alpha value is -3.07. The second-order valence-corrected chi connectivity index (χ2v) is 6.58. The van der Waals surface area contributed by atoms with Crippen LogP contribution in [0, 0.1) is 0 Å². The minimum Gasteiger partial charge on any atom is -0.497 e. The Morgan fingerprint density at radius 2 is 1.77 bits per heavy atom. The summed E-state index contributed by atoms with van der Waals surface area (Å²) in [5.74, 6) is 2.53. The van der Waals surface area contributed by atoms with Crippen LogP contribution >= 0.6 is 11.8 Å². The third kappa shape index (κ3) is 3.33. The molecule has 0 saturated carbocycles. The molecule has 4 aromatic rings. The Morgan fingerprint density at radius 3 is 2.50 bits per heavy atom. The molecule has 8 nitrogen and oxygen atoms in total. The van der Waals surface area contributed by atoms with Crippen molar-refractivity contribution in [2.75, 3.05) is 7.11 Å².